The van der Waals surface area contributed by atoms with Crippen LogP contribution in [0.1, 0.15) is 54.9 Å². The van der Waals surface area contributed by atoms with Gasteiger partial charge in [0.1, 0.15) is 17.1 Å². The zero-order valence-electron chi connectivity index (χ0n) is 17.1. The summed E-state index contributed by atoms with van der Waals surface area (Å²) in [5.74, 6) is -2.92. The minimum absolute atomic E-state index is 0.0260. The molecule has 1 saturated carbocycles. The second kappa shape index (κ2) is 6.77. The normalized spacial score (nSPS) is 26.0. The summed E-state index contributed by atoms with van der Waals surface area (Å²) in [5.41, 5.74) is -1.33. The minimum Gasteiger partial charge on any atom is -0.477 e. The van der Waals surface area contributed by atoms with E-state index in [9.17, 15) is 14.7 Å². The summed E-state index contributed by atoms with van der Waals surface area (Å²) in [7, 11) is 4.07. The standard InChI is InChI=1S/C22H25F2N3O3/c1-25(2)14-7-12-5-6-13(8-14)27(12)20-17(23)9-15-19(18(20)24)26(11-3-4-11)10-16(21(15)28)22(29)30/h9-14H,3-8H2,1-2H3,(H,29,30). The molecule has 30 heavy (non-hydrogen) atoms. The summed E-state index contributed by atoms with van der Waals surface area (Å²) in [6.07, 6.45) is 6.24. The fourth-order valence-corrected chi connectivity index (χ4v) is 5.40. The molecular formula is C22H25F2N3O3. The Hall–Kier alpha value is -2.48. The molecule has 1 aliphatic carbocycles. The number of pyridine rings is 1. The molecule has 8 heteroatoms. The number of fused-ring (bicyclic) bond motifs is 3. The number of hydrogen-bond acceptors (Lipinski definition) is 4. The van der Waals surface area contributed by atoms with Gasteiger partial charge in [-0.15, -0.1) is 0 Å². The fourth-order valence-electron chi connectivity index (χ4n) is 5.40. The van der Waals surface area contributed by atoms with Crippen molar-refractivity contribution in [1.82, 2.24) is 9.47 Å². The van der Waals surface area contributed by atoms with Crippen molar-refractivity contribution in [1.29, 1.82) is 0 Å². The van der Waals surface area contributed by atoms with Crippen LogP contribution in [0.4, 0.5) is 14.5 Å². The molecule has 1 aromatic heterocycles. The van der Waals surface area contributed by atoms with Crippen molar-refractivity contribution in [2.75, 3.05) is 19.0 Å². The lowest BCUT2D eigenvalue weighted by Gasteiger charge is -2.43. The van der Waals surface area contributed by atoms with Crippen LogP contribution in [0.2, 0.25) is 0 Å². The van der Waals surface area contributed by atoms with Crippen molar-refractivity contribution < 1.29 is 18.7 Å². The average Bonchev–Trinajstić information content (AvgIpc) is 3.49. The van der Waals surface area contributed by atoms with E-state index in [4.69, 9.17) is 0 Å². The smallest absolute Gasteiger partial charge is 0.341 e. The van der Waals surface area contributed by atoms with Crippen LogP contribution in [0.25, 0.3) is 10.9 Å². The van der Waals surface area contributed by atoms with Gasteiger partial charge in [0.05, 0.1) is 10.9 Å². The summed E-state index contributed by atoms with van der Waals surface area (Å²) < 4.78 is 32.7. The van der Waals surface area contributed by atoms with Crippen LogP contribution >= 0.6 is 0 Å². The Bertz CT molecular complexity index is 1100. The van der Waals surface area contributed by atoms with Crippen LogP contribution < -0.4 is 10.3 Å². The third-order valence-corrected chi connectivity index (χ3v) is 7.05. The predicted molar refractivity (Wildman–Crippen MR) is 109 cm³/mol. The van der Waals surface area contributed by atoms with E-state index < -0.39 is 28.6 Å². The van der Waals surface area contributed by atoms with E-state index in [1.54, 1.807) is 0 Å². The highest BCUT2D eigenvalue weighted by molar-refractivity contribution is 5.94. The molecule has 3 fully saturated rings. The van der Waals surface area contributed by atoms with Crippen molar-refractivity contribution >= 4 is 22.6 Å². The Morgan fingerprint density at radius 1 is 1.10 bits per heavy atom. The second-order valence-corrected chi connectivity index (χ2v) is 9.11. The summed E-state index contributed by atoms with van der Waals surface area (Å²) in [6.45, 7) is 0. The maximum absolute atomic E-state index is 15.9. The summed E-state index contributed by atoms with van der Waals surface area (Å²) in [4.78, 5) is 28.2. The highest BCUT2D eigenvalue weighted by Crippen LogP contribution is 2.45. The highest BCUT2D eigenvalue weighted by atomic mass is 19.1. The van der Waals surface area contributed by atoms with Crippen molar-refractivity contribution in [3.8, 4) is 0 Å². The van der Waals surface area contributed by atoms with Crippen molar-refractivity contribution in [3.63, 3.8) is 0 Å². The van der Waals surface area contributed by atoms with Crippen LogP contribution in [-0.4, -0.2) is 52.8 Å². The molecule has 1 N–H and O–H groups in total. The van der Waals surface area contributed by atoms with Gasteiger partial charge in [-0.25, -0.2) is 13.6 Å². The predicted octanol–water partition coefficient (Wildman–Crippen LogP) is 3.37. The van der Waals surface area contributed by atoms with Gasteiger partial charge in [0.25, 0.3) is 0 Å². The first-order valence-electron chi connectivity index (χ1n) is 10.5. The summed E-state index contributed by atoms with van der Waals surface area (Å²) >= 11 is 0. The molecule has 3 aliphatic rings. The number of aromatic carboxylic acids is 1. The number of carboxylic acid groups (broad SMARTS) is 1. The number of nitrogens with zero attached hydrogens (tertiary/aromatic N) is 3. The molecule has 5 rings (SSSR count). The number of halogens is 2. The number of benzene rings is 1. The van der Waals surface area contributed by atoms with Crippen LogP contribution in [-0.2, 0) is 0 Å². The van der Waals surface area contributed by atoms with Gasteiger partial charge < -0.3 is 19.5 Å². The van der Waals surface area contributed by atoms with E-state index in [0.717, 1.165) is 44.6 Å². The first-order valence-corrected chi connectivity index (χ1v) is 10.5. The Morgan fingerprint density at radius 2 is 1.70 bits per heavy atom. The number of aromatic nitrogens is 1. The molecule has 2 atom stereocenters. The van der Waals surface area contributed by atoms with Gasteiger partial charge in [-0.05, 0) is 58.7 Å². The number of carbonyl (C=O) groups is 1. The molecule has 160 valence electrons. The number of rotatable bonds is 4. The maximum atomic E-state index is 15.9. The second-order valence-electron chi connectivity index (χ2n) is 9.11. The zero-order chi connectivity index (χ0) is 21.3. The van der Waals surface area contributed by atoms with Crippen molar-refractivity contribution in [3.05, 3.63) is 39.7 Å². The highest BCUT2D eigenvalue weighted by Gasteiger charge is 2.44. The Kier molecular flexibility index (Phi) is 4.39. The van der Waals surface area contributed by atoms with Crippen LogP contribution in [0.15, 0.2) is 17.1 Å². The molecular weight excluding hydrogens is 392 g/mol. The summed E-state index contributed by atoms with van der Waals surface area (Å²) in [5, 5.41) is 9.19. The van der Waals surface area contributed by atoms with E-state index in [2.05, 4.69) is 4.90 Å². The van der Waals surface area contributed by atoms with Gasteiger partial charge in [-0.1, -0.05) is 0 Å². The molecule has 0 spiro atoms. The molecule has 1 aromatic carbocycles. The third kappa shape index (κ3) is 2.84. The largest absolute Gasteiger partial charge is 0.477 e. The first-order chi connectivity index (χ1) is 14.3. The van der Waals surface area contributed by atoms with Crippen LogP contribution in [0, 0.1) is 11.6 Å². The lowest BCUT2D eigenvalue weighted by molar-refractivity contribution is 0.0695. The lowest BCUT2D eigenvalue weighted by Crippen LogP contribution is -2.49. The molecule has 0 amide bonds. The molecule has 2 saturated heterocycles. The van der Waals surface area contributed by atoms with Crippen molar-refractivity contribution in [2.45, 2.75) is 62.7 Å². The molecule has 2 aromatic rings. The Morgan fingerprint density at radius 3 is 2.23 bits per heavy atom. The van der Waals surface area contributed by atoms with Gasteiger partial charge in [0.2, 0.25) is 5.43 Å². The molecule has 2 unspecified atom stereocenters. The monoisotopic (exact) mass is 417 g/mol. The number of piperidine rings is 1. The van der Waals surface area contributed by atoms with Gasteiger partial charge in [0.15, 0.2) is 5.82 Å². The summed E-state index contributed by atoms with van der Waals surface area (Å²) in [6, 6.07) is 1.47. The SMILES string of the molecule is CN(C)C1CC2CCC(C1)N2c1c(F)cc2c(=O)c(C(=O)O)cn(C3CC3)c2c1F. The lowest BCUT2D eigenvalue weighted by atomic mass is 9.95. The molecule has 6 nitrogen and oxygen atoms in total. The quantitative estimate of drug-likeness (QED) is 0.826. The average molecular weight is 417 g/mol. The van der Waals surface area contributed by atoms with E-state index in [0.29, 0.717) is 6.04 Å². The molecule has 2 bridgehead atoms. The van der Waals surface area contributed by atoms with Gasteiger partial charge in [-0.2, -0.15) is 0 Å². The van der Waals surface area contributed by atoms with E-state index in [1.807, 2.05) is 19.0 Å². The fraction of sp³-hybridized carbons (Fsp3) is 0.545. The van der Waals surface area contributed by atoms with E-state index in [1.165, 1.54) is 10.8 Å². The van der Waals surface area contributed by atoms with Gasteiger partial charge >= 0.3 is 5.97 Å². The van der Waals surface area contributed by atoms with Crippen LogP contribution in [0.3, 0.4) is 0 Å². The van der Waals surface area contributed by atoms with Gasteiger partial charge in [0, 0.05) is 30.4 Å². The maximum Gasteiger partial charge on any atom is 0.341 e. The molecule has 2 aliphatic heterocycles. The topological polar surface area (TPSA) is 65.8 Å². The van der Waals surface area contributed by atoms with Crippen LogP contribution in [0.5, 0.6) is 0 Å². The van der Waals surface area contributed by atoms with E-state index in [-0.39, 0.29) is 34.7 Å². The van der Waals surface area contributed by atoms with Crippen molar-refractivity contribution in [2.24, 2.45) is 0 Å². The Labute approximate surface area is 172 Å². The van der Waals surface area contributed by atoms with E-state index >= 15 is 8.78 Å². The molecule has 0 radical (unpaired) electrons. The number of hydrogen-bond donors (Lipinski definition) is 1. The Balaban J connectivity index is 1.70. The number of carboxylic acids is 1. The first kappa shape index (κ1) is 19.5. The van der Waals surface area contributed by atoms with Gasteiger partial charge in [-0.3, -0.25) is 4.79 Å². The molecule has 3 heterocycles. The third-order valence-electron chi connectivity index (χ3n) is 7.05. The zero-order valence-corrected chi connectivity index (χ0v) is 17.1. The minimum atomic E-state index is -1.38. The number of anilines is 1.